The molecule has 1 heterocycles. The lowest BCUT2D eigenvalue weighted by Crippen LogP contribution is -2.33. The zero-order valence-corrected chi connectivity index (χ0v) is 12.6. The molecule has 94 valence electrons. The molecule has 0 amide bonds. The molecule has 1 aromatic carbocycles. The summed E-state index contributed by atoms with van der Waals surface area (Å²) in [5.74, 6) is 0.909. The average Bonchev–Trinajstić information content (AvgIpc) is 2.39. The van der Waals surface area contributed by atoms with Crippen LogP contribution < -0.4 is 4.90 Å². The fourth-order valence-corrected chi connectivity index (χ4v) is 3.14. The van der Waals surface area contributed by atoms with Crippen LogP contribution in [0.1, 0.15) is 31.7 Å². The Kier molecular flexibility index (Phi) is 4.75. The molecule has 17 heavy (non-hydrogen) atoms. The van der Waals surface area contributed by atoms with Gasteiger partial charge in [0.1, 0.15) is 0 Å². The smallest absolute Gasteiger partial charge is 0.0642 e. The van der Waals surface area contributed by atoms with E-state index < -0.39 is 0 Å². The van der Waals surface area contributed by atoms with Crippen molar-refractivity contribution >= 4 is 33.2 Å². The molecule has 1 aliphatic heterocycles. The Morgan fingerprint density at radius 1 is 1.35 bits per heavy atom. The second kappa shape index (κ2) is 6.10. The van der Waals surface area contributed by atoms with Crippen LogP contribution in [0.25, 0.3) is 0 Å². The lowest BCUT2D eigenvalue weighted by Gasteiger charge is -2.33. The van der Waals surface area contributed by atoms with E-state index in [2.05, 4.69) is 46.0 Å². The van der Waals surface area contributed by atoms with E-state index in [1.54, 1.807) is 0 Å². The molecular formula is C14H19BrClN. The van der Waals surface area contributed by atoms with E-state index >= 15 is 0 Å². The highest BCUT2D eigenvalue weighted by atomic mass is 79.9. The molecule has 1 aliphatic rings. The van der Waals surface area contributed by atoms with Gasteiger partial charge < -0.3 is 4.90 Å². The van der Waals surface area contributed by atoms with Gasteiger partial charge in [0.2, 0.25) is 0 Å². The molecule has 2 rings (SSSR count). The largest absolute Gasteiger partial charge is 0.370 e. The third kappa shape index (κ3) is 3.17. The maximum atomic E-state index is 6.35. The van der Waals surface area contributed by atoms with Crippen LogP contribution in [0.4, 0.5) is 5.69 Å². The van der Waals surface area contributed by atoms with Crippen molar-refractivity contribution in [3.63, 3.8) is 0 Å². The average molecular weight is 317 g/mol. The molecule has 0 spiro atoms. The van der Waals surface area contributed by atoms with Crippen molar-refractivity contribution in [2.75, 3.05) is 18.0 Å². The molecule has 1 nitrogen and oxygen atoms in total. The second-order valence-corrected chi connectivity index (χ2v) is 5.73. The molecule has 1 saturated heterocycles. The normalized spacial score (nSPS) is 17.5. The third-order valence-corrected chi connectivity index (χ3v) is 4.65. The van der Waals surface area contributed by atoms with Gasteiger partial charge in [-0.1, -0.05) is 46.9 Å². The van der Waals surface area contributed by atoms with Crippen LogP contribution in [0.5, 0.6) is 0 Å². The van der Waals surface area contributed by atoms with Gasteiger partial charge in [0, 0.05) is 18.4 Å². The van der Waals surface area contributed by atoms with E-state index in [4.69, 9.17) is 11.6 Å². The summed E-state index contributed by atoms with van der Waals surface area (Å²) in [4.78, 5) is 2.42. The Bertz CT molecular complexity index is 372. The van der Waals surface area contributed by atoms with E-state index in [0.717, 1.165) is 29.4 Å². The summed E-state index contributed by atoms with van der Waals surface area (Å²) in [5.41, 5.74) is 2.44. The number of anilines is 1. The maximum Gasteiger partial charge on any atom is 0.0642 e. The zero-order chi connectivity index (χ0) is 12.3. The summed E-state index contributed by atoms with van der Waals surface area (Å²) in [7, 11) is 0. The molecule has 0 aliphatic carbocycles. The van der Waals surface area contributed by atoms with Crippen molar-refractivity contribution in [3.05, 3.63) is 28.8 Å². The molecule has 0 unspecified atom stereocenters. The van der Waals surface area contributed by atoms with E-state index in [1.165, 1.54) is 30.5 Å². The van der Waals surface area contributed by atoms with Gasteiger partial charge in [-0.25, -0.2) is 0 Å². The predicted molar refractivity (Wildman–Crippen MR) is 79.3 cm³/mol. The van der Waals surface area contributed by atoms with Crippen molar-refractivity contribution in [1.29, 1.82) is 0 Å². The number of alkyl halides is 1. The first-order chi connectivity index (χ1) is 8.24. The number of piperidine rings is 1. The highest BCUT2D eigenvalue weighted by Crippen LogP contribution is 2.31. The summed E-state index contributed by atoms with van der Waals surface area (Å²) in [6.07, 6.45) is 3.91. The first-order valence-electron chi connectivity index (χ1n) is 6.34. The molecule has 0 N–H and O–H groups in total. The third-order valence-electron chi connectivity index (χ3n) is 3.70. The molecule has 0 saturated carbocycles. The minimum atomic E-state index is 0.866. The lowest BCUT2D eigenvalue weighted by atomic mass is 9.94. The van der Waals surface area contributed by atoms with Gasteiger partial charge in [-0.3, -0.25) is 0 Å². The zero-order valence-electron chi connectivity index (χ0n) is 10.3. The van der Waals surface area contributed by atoms with Gasteiger partial charge in [-0.2, -0.15) is 0 Å². The fourth-order valence-electron chi connectivity index (χ4n) is 2.47. The Labute approximate surface area is 117 Å². The number of nitrogens with zero attached hydrogens (tertiary/aromatic N) is 1. The Hall–Kier alpha value is -0.210. The molecule has 0 atom stereocenters. The van der Waals surface area contributed by atoms with E-state index in [0.29, 0.717) is 0 Å². The van der Waals surface area contributed by atoms with Crippen molar-refractivity contribution in [1.82, 2.24) is 0 Å². The summed E-state index contributed by atoms with van der Waals surface area (Å²) in [6.45, 7) is 4.58. The number of hydrogen-bond donors (Lipinski definition) is 0. The minimum Gasteiger partial charge on any atom is -0.370 e. The minimum absolute atomic E-state index is 0.866. The first-order valence-corrected chi connectivity index (χ1v) is 7.84. The van der Waals surface area contributed by atoms with E-state index in [-0.39, 0.29) is 0 Å². The molecule has 1 aromatic rings. The fraction of sp³-hybridized carbons (Fsp3) is 0.571. The Balaban J connectivity index is 2.08. The predicted octanol–water partition coefficient (Wildman–Crippen LogP) is 4.86. The standard InChI is InChI=1S/C14H19BrClN/c1-2-11-5-7-17(8-6-11)14-4-3-12(10-15)9-13(14)16/h3-4,9,11H,2,5-8,10H2,1H3. The van der Waals surface area contributed by atoms with Crippen LogP contribution in [-0.2, 0) is 5.33 Å². The van der Waals surface area contributed by atoms with E-state index in [9.17, 15) is 0 Å². The van der Waals surface area contributed by atoms with Crippen LogP contribution in [0.3, 0.4) is 0 Å². The second-order valence-electron chi connectivity index (χ2n) is 4.76. The highest BCUT2D eigenvalue weighted by molar-refractivity contribution is 9.08. The van der Waals surface area contributed by atoms with Crippen molar-refractivity contribution in [2.45, 2.75) is 31.5 Å². The van der Waals surface area contributed by atoms with Crippen LogP contribution >= 0.6 is 27.5 Å². The van der Waals surface area contributed by atoms with Crippen LogP contribution in [-0.4, -0.2) is 13.1 Å². The Morgan fingerprint density at radius 2 is 2.06 bits per heavy atom. The van der Waals surface area contributed by atoms with Crippen molar-refractivity contribution in [3.8, 4) is 0 Å². The summed E-state index contributed by atoms with van der Waals surface area (Å²) in [5, 5.41) is 1.75. The molecule has 0 bridgehead atoms. The van der Waals surface area contributed by atoms with Crippen molar-refractivity contribution < 1.29 is 0 Å². The molecule has 3 heteroatoms. The van der Waals surface area contributed by atoms with E-state index in [1.807, 2.05) is 0 Å². The van der Waals surface area contributed by atoms with Crippen LogP contribution in [0.15, 0.2) is 18.2 Å². The van der Waals surface area contributed by atoms with Crippen molar-refractivity contribution in [2.24, 2.45) is 5.92 Å². The van der Waals surface area contributed by atoms with Crippen LogP contribution in [0.2, 0.25) is 5.02 Å². The molecular weight excluding hydrogens is 298 g/mol. The number of halogens is 2. The highest BCUT2D eigenvalue weighted by Gasteiger charge is 2.19. The van der Waals surface area contributed by atoms with Gasteiger partial charge >= 0.3 is 0 Å². The van der Waals surface area contributed by atoms with Crippen LogP contribution in [0, 0.1) is 5.92 Å². The van der Waals surface area contributed by atoms with Gasteiger partial charge in [0.15, 0.2) is 0 Å². The molecule has 0 aromatic heterocycles. The summed E-state index contributed by atoms with van der Waals surface area (Å²) >= 11 is 9.81. The first kappa shape index (κ1) is 13.2. The molecule has 0 radical (unpaired) electrons. The number of hydrogen-bond acceptors (Lipinski definition) is 1. The Morgan fingerprint density at radius 3 is 2.59 bits per heavy atom. The summed E-state index contributed by atoms with van der Waals surface area (Å²) in [6, 6.07) is 6.38. The number of rotatable bonds is 3. The maximum absolute atomic E-state index is 6.35. The van der Waals surface area contributed by atoms with Gasteiger partial charge in [-0.05, 0) is 36.5 Å². The topological polar surface area (TPSA) is 3.24 Å². The SMILES string of the molecule is CCC1CCN(c2ccc(CBr)cc2Cl)CC1. The number of benzene rings is 1. The van der Waals surface area contributed by atoms with Gasteiger partial charge in [0.25, 0.3) is 0 Å². The monoisotopic (exact) mass is 315 g/mol. The van der Waals surface area contributed by atoms with Gasteiger partial charge in [0.05, 0.1) is 10.7 Å². The lowest BCUT2D eigenvalue weighted by molar-refractivity contribution is 0.395. The van der Waals surface area contributed by atoms with Gasteiger partial charge in [-0.15, -0.1) is 0 Å². The summed E-state index contributed by atoms with van der Waals surface area (Å²) < 4.78 is 0. The quantitative estimate of drug-likeness (QED) is 0.720. The molecule has 1 fully saturated rings.